The van der Waals surface area contributed by atoms with Crippen molar-refractivity contribution in [2.45, 2.75) is 52.2 Å². The quantitative estimate of drug-likeness (QED) is 0.602. The summed E-state index contributed by atoms with van der Waals surface area (Å²) >= 11 is 0. The van der Waals surface area contributed by atoms with Gasteiger partial charge in [0.25, 0.3) is 0 Å². The second kappa shape index (κ2) is 5.25. The molecule has 0 aromatic heterocycles. The largest absolute Gasteiger partial charge is 0.417 e. The molecule has 2 atom stereocenters. The molecule has 1 N–H and O–H groups in total. The number of aliphatic hydroxyl groups is 1. The summed E-state index contributed by atoms with van der Waals surface area (Å²) in [6.45, 7) is 14.5. The summed E-state index contributed by atoms with van der Waals surface area (Å²) in [6.07, 6.45) is 3.44. The highest BCUT2D eigenvalue weighted by molar-refractivity contribution is 6.74. The van der Waals surface area contributed by atoms with Crippen molar-refractivity contribution in [2.75, 3.05) is 13.2 Å². The van der Waals surface area contributed by atoms with Crippen molar-refractivity contribution in [2.24, 2.45) is 11.8 Å². The zero-order valence-electron chi connectivity index (χ0n) is 12.2. The fraction of sp³-hybridized carbons (Fsp3) is 0.857. The third-order valence-corrected chi connectivity index (χ3v) is 8.69. The zero-order valence-corrected chi connectivity index (χ0v) is 13.2. The first-order chi connectivity index (χ1) is 7.67. The Hall–Kier alpha value is -0.123. The van der Waals surface area contributed by atoms with Crippen LogP contribution >= 0.6 is 0 Å². The van der Waals surface area contributed by atoms with Gasteiger partial charge in [-0.2, -0.15) is 0 Å². The molecule has 1 aliphatic rings. The van der Waals surface area contributed by atoms with Gasteiger partial charge in [0.1, 0.15) is 0 Å². The van der Waals surface area contributed by atoms with Crippen LogP contribution in [0.2, 0.25) is 18.1 Å². The molecule has 2 nitrogen and oxygen atoms in total. The molecule has 0 bridgehead atoms. The highest BCUT2D eigenvalue weighted by Crippen LogP contribution is 2.43. The van der Waals surface area contributed by atoms with Crippen LogP contribution in [0, 0.1) is 11.8 Å². The number of allylic oxidation sites excluding steroid dienone is 1. The summed E-state index contributed by atoms with van der Waals surface area (Å²) < 4.78 is 6.21. The van der Waals surface area contributed by atoms with Gasteiger partial charge in [-0.1, -0.05) is 32.4 Å². The van der Waals surface area contributed by atoms with Crippen LogP contribution < -0.4 is 0 Å². The van der Waals surface area contributed by atoms with Gasteiger partial charge in [-0.25, -0.2) is 0 Å². The maximum atomic E-state index is 8.97. The molecule has 0 spiro atoms. The topological polar surface area (TPSA) is 29.5 Å². The molecule has 3 heteroatoms. The van der Waals surface area contributed by atoms with E-state index < -0.39 is 8.32 Å². The van der Waals surface area contributed by atoms with Crippen LogP contribution in [0.25, 0.3) is 0 Å². The van der Waals surface area contributed by atoms with Gasteiger partial charge >= 0.3 is 0 Å². The van der Waals surface area contributed by atoms with Crippen LogP contribution in [0.3, 0.4) is 0 Å². The van der Waals surface area contributed by atoms with Gasteiger partial charge < -0.3 is 9.53 Å². The monoisotopic (exact) mass is 256 g/mol. The summed E-state index contributed by atoms with van der Waals surface area (Å²) in [7, 11) is -1.58. The third-order valence-electron chi connectivity index (χ3n) is 4.19. The van der Waals surface area contributed by atoms with Crippen molar-refractivity contribution >= 4 is 8.32 Å². The van der Waals surface area contributed by atoms with E-state index in [0.717, 1.165) is 12.2 Å². The molecule has 0 unspecified atom stereocenters. The summed E-state index contributed by atoms with van der Waals surface area (Å²) in [6, 6.07) is 0. The summed E-state index contributed by atoms with van der Waals surface area (Å²) in [5.74, 6) is 1.33. The van der Waals surface area contributed by atoms with Gasteiger partial charge in [-0.15, -0.1) is 0 Å². The second-order valence-electron chi connectivity index (χ2n) is 6.90. The molecule has 100 valence electrons. The van der Waals surface area contributed by atoms with E-state index in [1.54, 1.807) is 0 Å². The van der Waals surface area contributed by atoms with Crippen molar-refractivity contribution in [3.05, 3.63) is 11.6 Å². The fourth-order valence-corrected chi connectivity index (χ4v) is 2.68. The molecule has 1 rings (SSSR count). The molecule has 0 aromatic carbocycles. The lowest BCUT2D eigenvalue weighted by Crippen LogP contribution is -2.41. The Balaban J connectivity index is 2.36. The molecule has 0 radical (unpaired) electrons. The predicted octanol–water partition coefficient (Wildman–Crippen LogP) is 3.58. The van der Waals surface area contributed by atoms with E-state index in [0.29, 0.717) is 16.9 Å². The molecule has 1 fully saturated rings. The molecule has 1 saturated carbocycles. The SMILES string of the molecule is C/C(=C\[C@H]1C[C@@H]1CO[Si](C)(C)C(C)(C)C)CO. The average Bonchev–Trinajstić information content (AvgIpc) is 2.92. The first-order valence-corrected chi connectivity index (χ1v) is 9.50. The molecule has 0 amide bonds. The van der Waals surface area contributed by atoms with Gasteiger partial charge in [0.05, 0.1) is 6.61 Å². The Labute approximate surface area is 107 Å². The molecular formula is C14H28O2Si. The number of rotatable bonds is 5. The van der Waals surface area contributed by atoms with Gasteiger partial charge in [-0.05, 0) is 43.3 Å². The average molecular weight is 256 g/mol. The Bertz CT molecular complexity index is 289. The van der Waals surface area contributed by atoms with Crippen LogP contribution in [0.15, 0.2) is 11.6 Å². The highest BCUT2D eigenvalue weighted by Gasteiger charge is 2.41. The van der Waals surface area contributed by atoms with Crippen molar-refractivity contribution in [3.8, 4) is 0 Å². The van der Waals surface area contributed by atoms with Crippen molar-refractivity contribution in [3.63, 3.8) is 0 Å². The minimum Gasteiger partial charge on any atom is -0.417 e. The number of aliphatic hydroxyl groups excluding tert-OH is 1. The van der Waals surface area contributed by atoms with Crippen molar-refractivity contribution < 1.29 is 9.53 Å². The van der Waals surface area contributed by atoms with E-state index >= 15 is 0 Å². The maximum absolute atomic E-state index is 8.97. The van der Waals surface area contributed by atoms with Crippen LogP contribution in [0.1, 0.15) is 34.1 Å². The van der Waals surface area contributed by atoms with Gasteiger partial charge in [0.15, 0.2) is 8.32 Å². The first kappa shape index (κ1) is 14.9. The summed E-state index contributed by atoms with van der Waals surface area (Å²) in [4.78, 5) is 0. The van der Waals surface area contributed by atoms with Gasteiger partial charge in [-0.3, -0.25) is 0 Å². The molecular weight excluding hydrogens is 228 g/mol. The molecule has 0 aliphatic heterocycles. The lowest BCUT2D eigenvalue weighted by Gasteiger charge is -2.36. The number of hydrogen-bond acceptors (Lipinski definition) is 2. The lowest BCUT2D eigenvalue weighted by atomic mass is 10.2. The lowest BCUT2D eigenvalue weighted by molar-refractivity contribution is 0.268. The van der Waals surface area contributed by atoms with Crippen LogP contribution in [0.4, 0.5) is 0 Å². The summed E-state index contributed by atoms with van der Waals surface area (Å²) in [5, 5.41) is 9.27. The Morgan fingerprint density at radius 3 is 2.47 bits per heavy atom. The van der Waals surface area contributed by atoms with E-state index in [1.165, 1.54) is 6.42 Å². The molecule has 0 aromatic rings. The van der Waals surface area contributed by atoms with Gasteiger partial charge in [0, 0.05) is 6.61 Å². The normalized spacial score (nSPS) is 26.2. The molecule has 0 saturated heterocycles. The Kier molecular flexibility index (Phi) is 4.61. The standard InChI is InChI=1S/C14H28O2Si/c1-11(9-15)7-12-8-13(12)10-16-17(5,6)14(2,3)4/h7,12-13,15H,8-10H2,1-6H3/b11-7+/t12-,13+/m0/s1. The van der Waals surface area contributed by atoms with E-state index in [1.807, 2.05) is 6.92 Å². The third kappa shape index (κ3) is 4.23. The Morgan fingerprint density at radius 2 is 2.00 bits per heavy atom. The second-order valence-corrected chi connectivity index (χ2v) is 11.7. The first-order valence-electron chi connectivity index (χ1n) is 6.59. The molecule has 1 aliphatic carbocycles. The van der Waals surface area contributed by atoms with Crippen LogP contribution in [0.5, 0.6) is 0 Å². The van der Waals surface area contributed by atoms with E-state index in [9.17, 15) is 0 Å². The minimum absolute atomic E-state index is 0.187. The van der Waals surface area contributed by atoms with E-state index in [4.69, 9.17) is 9.53 Å². The predicted molar refractivity (Wildman–Crippen MR) is 75.6 cm³/mol. The fourth-order valence-electron chi connectivity index (χ4n) is 1.62. The van der Waals surface area contributed by atoms with E-state index in [2.05, 4.69) is 39.9 Å². The summed E-state index contributed by atoms with van der Waals surface area (Å²) in [5.41, 5.74) is 1.09. The Morgan fingerprint density at radius 1 is 1.41 bits per heavy atom. The van der Waals surface area contributed by atoms with Gasteiger partial charge in [0.2, 0.25) is 0 Å². The smallest absolute Gasteiger partial charge is 0.191 e. The van der Waals surface area contributed by atoms with Crippen molar-refractivity contribution in [1.29, 1.82) is 0 Å². The maximum Gasteiger partial charge on any atom is 0.191 e. The van der Waals surface area contributed by atoms with E-state index in [-0.39, 0.29) is 6.61 Å². The minimum atomic E-state index is -1.58. The van der Waals surface area contributed by atoms with Crippen LogP contribution in [-0.2, 0) is 4.43 Å². The zero-order chi connectivity index (χ0) is 13.3. The highest BCUT2D eigenvalue weighted by atomic mass is 28.4. The van der Waals surface area contributed by atoms with Crippen molar-refractivity contribution in [1.82, 2.24) is 0 Å². The van der Waals surface area contributed by atoms with Crippen LogP contribution in [-0.4, -0.2) is 26.6 Å². The molecule has 17 heavy (non-hydrogen) atoms. The number of hydrogen-bond donors (Lipinski definition) is 1. The molecule has 0 heterocycles.